The number of hydrogen-bond donors (Lipinski definition) is 1. The molecule has 1 aromatic heterocycles. The highest BCUT2D eigenvalue weighted by atomic mass is 32.1. The van der Waals surface area contributed by atoms with Gasteiger partial charge in [-0.3, -0.25) is 4.79 Å². The Morgan fingerprint density at radius 2 is 2.20 bits per heavy atom. The van der Waals surface area contributed by atoms with E-state index in [1.54, 1.807) is 16.2 Å². The van der Waals surface area contributed by atoms with Gasteiger partial charge >= 0.3 is 0 Å². The lowest BCUT2D eigenvalue weighted by Crippen LogP contribution is -2.26. The van der Waals surface area contributed by atoms with Gasteiger partial charge in [0.15, 0.2) is 0 Å². The number of hydrogen-bond acceptors (Lipinski definition) is 4. The number of rotatable bonds is 6. The van der Waals surface area contributed by atoms with Gasteiger partial charge in [0.2, 0.25) is 5.91 Å². The predicted molar refractivity (Wildman–Crippen MR) is 83.5 cm³/mol. The summed E-state index contributed by atoms with van der Waals surface area (Å²) in [5.41, 5.74) is 6.57. The van der Waals surface area contributed by atoms with Gasteiger partial charge in [0, 0.05) is 13.5 Å². The molecule has 2 rings (SSSR count). The van der Waals surface area contributed by atoms with Gasteiger partial charge in [0.25, 0.3) is 0 Å². The quantitative estimate of drug-likeness (QED) is 0.890. The van der Waals surface area contributed by atoms with Gasteiger partial charge in [-0.15, -0.1) is 11.3 Å². The number of fused-ring (bicyclic) bond motifs is 1. The molecule has 2 aromatic rings. The van der Waals surface area contributed by atoms with Crippen molar-refractivity contribution in [3.63, 3.8) is 0 Å². The van der Waals surface area contributed by atoms with Gasteiger partial charge in [0.1, 0.15) is 5.01 Å². The largest absolute Gasteiger partial charge is 0.339 e. The van der Waals surface area contributed by atoms with Crippen molar-refractivity contribution in [2.24, 2.45) is 11.7 Å². The van der Waals surface area contributed by atoms with E-state index in [0.29, 0.717) is 25.4 Å². The van der Waals surface area contributed by atoms with Crippen LogP contribution in [0.3, 0.4) is 0 Å². The molecular formula is C15H21N3OS. The van der Waals surface area contributed by atoms with Crippen LogP contribution in [0.25, 0.3) is 10.2 Å². The summed E-state index contributed by atoms with van der Waals surface area (Å²) in [6.07, 6.45) is 1.40. The van der Waals surface area contributed by atoms with Gasteiger partial charge in [-0.25, -0.2) is 4.98 Å². The fraction of sp³-hybridized carbons (Fsp3) is 0.467. The van der Waals surface area contributed by atoms with Crippen LogP contribution >= 0.6 is 11.3 Å². The highest BCUT2D eigenvalue weighted by molar-refractivity contribution is 7.18. The Hall–Kier alpha value is -1.46. The van der Waals surface area contributed by atoms with Crippen molar-refractivity contribution in [1.82, 2.24) is 9.88 Å². The van der Waals surface area contributed by atoms with Gasteiger partial charge in [-0.05, 0) is 31.0 Å². The van der Waals surface area contributed by atoms with Crippen LogP contribution in [0.5, 0.6) is 0 Å². The number of nitrogens with zero attached hydrogens (tertiary/aromatic N) is 2. The topological polar surface area (TPSA) is 59.2 Å². The van der Waals surface area contributed by atoms with Crippen molar-refractivity contribution in [2.45, 2.75) is 26.3 Å². The summed E-state index contributed by atoms with van der Waals surface area (Å²) in [7, 11) is 1.83. The molecule has 0 aliphatic rings. The maximum absolute atomic E-state index is 12.0. The van der Waals surface area contributed by atoms with E-state index in [4.69, 9.17) is 5.73 Å². The first-order valence-corrected chi connectivity index (χ1v) is 7.70. The third-order valence-electron chi connectivity index (χ3n) is 3.39. The maximum Gasteiger partial charge on any atom is 0.222 e. The van der Waals surface area contributed by atoms with Crippen molar-refractivity contribution in [3.8, 4) is 0 Å². The minimum absolute atomic E-state index is 0.157. The van der Waals surface area contributed by atoms with E-state index < -0.39 is 0 Å². The van der Waals surface area contributed by atoms with E-state index in [-0.39, 0.29) is 5.91 Å². The summed E-state index contributed by atoms with van der Waals surface area (Å²) in [6, 6.07) is 8.05. The van der Waals surface area contributed by atoms with Crippen molar-refractivity contribution in [2.75, 3.05) is 13.6 Å². The lowest BCUT2D eigenvalue weighted by atomic mass is 10.1. The summed E-state index contributed by atoms with van der Waals surface area (Å²) in [5, 5.41) is 0.980. The Balaban J connectivity index is 1.93. The first-order chi connectivity index (χ1) is 9.60. The molecule has 108 valence electrons. The fourth-order valence-electron chi connectivity index (χ4n) is 1.96. The van der Waals surface area contributed by atoms with Gasteiger partial charge in [-0.1, -0.05) is 19.1 Å². The molecule has 0 aliphatic carbocycles. The minimum Gasteiger partial charge on any atom is -0.339 e. The van der Waals surface area contributed by atoms with Crippen molar-refractivity contribution >= 4 is 27.5 Å². The van der Waals surface area contributed by atoms with Crippen LogP contribution in [0.4, 0.5) is 0 Å². The summed E-state index contributed by atoms with van der Waals surface area (Å²) in [6.45, 7) is 3.28. The summed E-state index contributed by atoms with van der Waals surface area (Å²) >= 11 is 1.65. The Kier molecular flexibility index (Phi) is 5.09. The predicted octanol–water partition coefficient (Wildman–Crippen LogP) is 2.63. The number of aromatic nitrogens is 1. The average Bonchev–Trinajstić information content (AvgIpc) is 2.86. The molecule has 0 saturated carbocycles. The third kappa shape index (κ3) is 3.77. The summed E-state index contributed by atoms with van der Waals surface area (Å²) < 4.78 is 1.17. The molecule has 0 radical (unpaired) electrons. The number of carbonyl (C=O) groups is 1. The van der Waals surface area contributed by atoms with Crippen LogP contribution in [0, 0.1) is 5.92 Å². The Morgan fingerprint density at radius 3 is 2.90 bits per heavy atom. The second kappa shape index (κ2) is 6.81. The minimum atomic E-state index is 0.157. The standard InChI is InChI=1S/C15H21N3OS/c1-11(9-16)7-8-15(19)18(2)10-14-17-12-5-3-4-6-13(12)20-14/h3-6,11H,7-10,16H2,1-2H3. The normalized spacial score (nSPS) is 12.6. The number of carbonyl (C=O) groups excluding carboxylic acids is 1. The molecule has 1 atom stereocenters. The number of para-hydroxylation sites is 1. The van der Waals surface area contributed by atoms with E-state index in [2.05, 4.69) is 18.0 Å². The van der Waals surface area contributed by atoms with Crippen molar-refractivity contribution < 1.29 is 4.79 Å². The van der Waals surface area contributed by atoms with E-state index >= 15 is 0 Å². The molecule has 1 aromatic carbocycles. The average molecular weight is 291 g/mol. The van der Waals surface area contributed by atoms with Gasteiger partial charge in [0.05, 0.1) is 16.8 Å². The lowest BCUT2D eigenvalue weighted by molar-refractivity contribution is -0.130. The second-order valence-electron chi connectivity index (χ2n) is 5.20. The maximum atomic E-state index is 12.0. The molecule has 1 unspecified atom stereocenters. The molecule has 1 heterocycles. The SMILES string of the molecule is CC(CN)CCC(=O)N(C)Cc1nc2ccccc2s1. The fourth-order valence-corrected chi connectivity index (χ4v) is 2.98. The molecule has 20 heavy (non-hydrogen) atoms. The molecule has 2 N–H and O–H groups in total. The van der Waals surface area contributed by atoms with Crippen LogP contribution in [0.15, 0.2) is 24.3 Å². The van der Waals surface area contributed by atoms with Gasteiger partial charge < -0.3 is 10.6 Å². The van der Waals surface area contributed by atoms with Crippen molar-refractivity contribution in [1.29, 1.82) is 0 Å². The van der Waals surface area contributed by atoms with E-state index in [9.17, 15) is 4.79 Å². The van der Waals surface area contributed by atoms with E-state index in [1.165, 1.54) is 4.70 Å². The molecule has 0 saturated heterocycles. The van der Waals surface area contributed by atoms with Crippen LogP contribution < -0.4 is 5.73 Å². The van der Waals surface area contributed by atoms with Crippen LogP contribution in [0.1, 0.15) is 24.8 Å². The Morgan fingerprint density at radius 1 is 1.45 bits per heavy atom. The molecule has 0 aliphatic heterocycles. The number of nitrogens with two attached hydrogens (primary N) is 1. The number of amides is 1. The Bertz CT molecular complexity index is 548. The number of thiazole rings is 1. The van der Waals surface area contributed by atoms with E-state index in [0.717, 1.165) is 16.9 Å². The van der Waals surface area contributed by atoms with E-state index in [1.807, 2.05) is 25.2 Å². The zero-order chi connectivity index (χ0) is 14.5. The monoisotopic (exact) mass is 291 g/mol. The smallest absolute Gasteiger partial charge is 0.222 e. The summed E-state index contributed by atoms with van der Waals surface area (Å²) in [4.78, 5) is 18.3. The molecule has 0 bridgehead atoms. The molecule has 4 nitrogen and oxygen atoms in total. The van der Waals surface area contributed by atoms with Crippen LogP contribution in [-0.2, 0) is 11.3 Å². The number of benzene rings is 1. The lowest BCUT2D eigenvalue weighted by Gasteiger charge is -2.16. The van der Waals surface area contributed by atoms with Crippen LogP contribution in [0.2, 0.25) is 0 Å². The molecule has 0 fully saturated rings. The highest BCUT2D eigenvalue weighted by Gasteiger charge is 2.13. The van der Waals surface area contributed by atoms with Crippen molar-refractivity contribution in [3.05, 3.63) is 29.3 Å². The molecular weight excluding hydrogens is 270 g/mol. The third-order valence-corrected chi connectivity index (χ3v) is 4.41. The Labute approximate surface area is 123 Å². The molecule has 5 heteroatoms. The second-order valence-corrected chi connectivity index (χ2v) is 6.32. The molecule has 1 amide bonds. The zero-order valence-electron chi connectivity index (χ0n) is 12.0. The highest BCUT2D eigenvalue weighted by Crippen LogP contribution is 2.22. The first-order valence-electron chi connectivity index (χ1n) is 6.88. The zero-order valence-corrected chi connectivity index (χ0v) is 12.8. The molecule has 0 spiro atoms. The first kappa shape index (κ1) is 14.9. The van der Waals surface area contributed by atoms with Crippen LogP contribution in [-0.4, -0.2) is 29.4 Å². The summed E-state index contributed by atoms with van der Waals surface area (Å²) in [5.74, 6) is 0.555. The van der Waals surface area contributed by atoms with Gasteiger partial charge in [-0.2, -0.15) is 0 Å².